The van der Waals surface area contributed by atoms with Crippen molar-refractivity contribution in [1.82, 2.24) is 5.32 Å². The lowest BCUT2D eigenvalue weighted by Gasteiger charge is -2.11. The second-order valence-electron chi connectivity index (χ2n) is 10.2. The van der Waals surface area contributed by atoms with Gasteiger partial charge in [0.1, 0.15) is 11.3 Å². The first kappa shape index (κ1) is 33.9. The minimum Gasteiger partial charge on any atom is -0.493 e. The topological polar surface area (TPSA) is 150 Å². The van der Waals surface area contributed by atoms with Crippen molar-refractivity contribution in [1.29, 1.82) is 0 Å². The van der Waals surface area contributed by atoms with Crippen molar-refractivity contribution in [3.05, 3.63) is 29.3 Å². The number of aliphatic carboxylic acids is 2. The molecule has 1 aromatic rings. The van der Waals surface area contributed by atoms with E-state index in [0.717, 1.165) is 38.5 Å². The molecule has 0 aromatic heterocycles. The van der Waals surface area contributed by atoms with Crippen LogP contribution in [0, 0.1) is 5.92 Å². The van der Waals surface area contributed by atoms with E-state index in [4.69, 9.17) is 14.9 Å². The summed E-state index contributed by atoms with van der Waals surface area (Å²) in [5.41, 5.74) is 0.205. The number of carbonyl (C=O) groups excluding carboxylic acids is 1. The summed E-state index contributed by atoms with van der Waals surface area (Å²) in [5, 5.41) is 29.8. The highest BCUT2D eigenvalue weighted by atomic mass is 16.5. The molecular weight excluding hydrogens is 502 g/mol. The summed E-state index contributed by atoms with van der Waals surface area (Å²) in [4.78, 5) is 45.4. The smallest absolute Gasteiger partial charge is 0.339 e. The second kappa shape index (κ2) is 20.8. The van der Waals surface area contributed by atoms with Crippen molar-refractivity contribution in [2.75, 3.05) is 13.2 Å². The third-order valence-electron chi connectivity index (χ3n) is 6.79. The monoisotopic (exact) mass is 549 g/mol. The van der Waals surface area contributed by atoms with E-state index in [1.54, 1.807) is 13.0 Å². The second-order valence-corrected chi connectivity index (χ2v) is 10.2. The molecule has 0 radical (unpaired) electrons. The van der Waals surface area contributed by atoms with Crippen LogP contribution in [0.2, 0.25) is 0 Å². The van der Waals surface area contributed by atoms with Gasteiger partial charge in [0.05, 0.1) is 12.5 Å². The number of ether oxygens (including phenoxy) is 1. The maximum Gasteiger partial charge on any atom is 0.339 e. The van der Waals surface area contributed by atoms with Gasteiger partial charge >= 0.3 is 17.9 Å². The summed E-state index contributed by atoms with van der Waals surface area (Å²) in [5.74, 6) is -3.22. The van der Waals surface area contributed by atoms with Crippen molar-refractivity contribution in [2.24, 2.45) is 5.92 Å². The van der Waals surface area contributed by atoms with Crippen molar-refractivity contribution in [3.63, 3.8) is 0 Å². The van der Waals surface area contributed by atoms with Crippen molar-refractivity contribution >= 4 is 23.8 Å². The molecule has 0 saturated carbocycles. The van der Waals surface area contributed by atoms with Gasteiger partial charge in [-0.1, -0.05) is 77.6 Å². The Morgan fingerprint density at radius 1 is 0.769 bits per heavy atom. The molecule has 220 valence electrons. The highest BCUT2D eigenvalue weighted by Crippen LogP contribution is 2.21. The summed E-state index contributed by atoms with van der Waals surface area (Å²) in [6.07, 6.45) is 15.2. The predicted octanol–water partition coefficient (Wildman–Crippen LogP) is 6.54. The molecule has 0 heterocycles. The molecule has 0 saturated heterocycles. The fourth-order valence-corrected chi connectivity index (χ4v) is 4.30. The Balaban J connectivity index is 2.19. The number of carboxylic acids is 3. The number of carboxylic acid groups (broad SMARTS) is 3. The number of aromatic carboxylic acids is 1. The van der Waals surface area contributed by atoms with Gasteiger partial charge in [0.2, 0.25) is 0 Å². The van der Waals surface area contributed by atoms with Crippen molar-refractivity contribution in [2.45, 2.75) is 110 Å². The van der Waals surface area contributed by atoms with E-state index in [1.807, 2.05) is 0 Å². The van der Waals surface area contributed by atoms with Crippen LogP contribution in [-0.2, 0) is 9.59 Å². The minimum absolute atomic E-state index is 0.0418. The first-order chi connectivity index (χ1) is 18.7. The van der Waals surface area contributed by atoms with E-state index in [-0.39, 0.29) is 29.2 Å². The summed E-state index contributed by atoms with van der Waals surface area (Å²) in [6, 6.07) is 4.41. The van der Waals surface area contributed by atoms with Crippen molar-refractivity contribution < 1.29 is 39.2 Å². The van der Waals surface area contributed by atoms with E-state index in [2.05, 4.69) is 5.32 Å². The molecule has 1 rings (SSSR count). The first-order valence-electron chi connectivity index (χ1n) is 14.4. The van der Waals surface area contributed by atoms with Gasteiger partial charge in [-0.2, -0.15) is 0 Å². The molecule has 0 bridgehead atoms. The van der Waals surface area contributed by atoms with Crippen LogP contribution < -0.4 is 10.1 Å². The molecular formula is C30H47NO8. The lowest BCUT2D eigenvalue weighted by Crippen LogP contribution is -2.25. The van der Waals surface area contributed by atoms with Gasteiger partial charge in [-0.3, -0.25) is 14.4 Å². The van der Waals surface area contributed by atoms with Crippen LogP contribution in [0.15, 0.2) is 18.2 Å². The molecule has 1 amide bonds. The van der Waals surface area contributed by atoms with Crippen molar-refractivity contribution in [3.8, 4) is 5.75 Å². The number of unbranched alkanes of at least 4 members (excludes halogenated alkanes) is 12. The molecule has 1 atom stereocenters. The zero-order valence-electron chi connectivity index (χ0n) is 23.4. The zero-order valence-corrected chi connectivity index (χ0v) is 23.4. The fraction of sp³-hybridized carbons (Fsp3) is 0.667. The van der Waals surface area contributed by atoms with E-state index in [0.29, 0.717) is 32.4 Å². The first-order valence-corrected chi connectivity index (χ1v) is 14.4. The molecule has 0 aliphatic carbocycles. The number of nitrogens with one attached hydrogen (secondary N) is 1. The highest BCUT2D eigenvalue weighted by molar-refractivity contribution is 5.98. The number of hydrogen-bond acceptors (Lipinski definition) is 5. The van der Waals surface area contributed by atoms with Gasteiger partial charge in [-0.25, -0.2) is 4.79 Å². The van der Waals surface area contributed by atoms with Gasteiger partial charge in [0.15, 0.2) is 0 Å². The molecule has 0 unspecified atom stereocenters. The van der Waals surface area contributed by atoms with Crippen LogP contribution in [0.5, 0.6) is 5.75 Å². The largest absolute Gasteiger partial charge is 0.493 e. The zero-order chi connectivity index (χ0) is 28.9. The Morgan fingerprint density at radius 2 is 1.33 bits per heavy atom. The maximum absolute atomic E-state index is 12.4. The fourth-order valence-electron chi connectivity index (χ4n) is 4.30. The molecule has 0 fully saturated rings. The van der Waals surface area contributed by atoms with Crippen LogP contribution in [0.1, 0.15) is 130 Å². The van der Waals surface area contributed by atoms with E-state index >= 15 is 0 Å². The third-order valence-corrected chi connectivity index (χ3v) is 6.79. The molecule has 9 heteroatoms. The van der Waals surface area contributed by atoms with Gasteiger partial charge < -0.3 is 25.4 Å². The SMILES string of the molecule is C[C@@H](CCCCNC(=O)c1ccc(OCCCCCCCCCCCCCCC(=O)O)c(C(=O)O)c1)C(=O)O. The van der Waals surface area contributed by atoms with Gasteiger partial charge in [0.25, 0.3) is 5.91 Å². The average molecular weight is 550 g/mol. The normalized spacial score (nSPS) is 11.6. The number of carbonyl (C=O) groups is 4. The van der Waals surface area contributed by atoms with E-state index in [1.165, 1.54) is 50.7 Å². The Bertz CT molecular complexity index is 886. The highest BCUT2D eigenvalue weighted by Gasteiger charge is 2.16. The number of rotatable bonds is 24. The number of amides is 1. The Hall–Kier alpha value is -3.10. The van der Waals surface area contributed by atoms with Crippen LogP contribution in [-0.4, -0.2) is 52.3 Å². The van der Waals surface area contributed by atoms with Gasteiger partial charge in [0, 0.05) is 18.5 Å². The molecule has 0 aliphatic rings. The average Bonchev–Trinajstić information content (AvgIpc) is 2.90. The Morgan fingerprint density at radius 3 is 1.87 bits per heavy atom. The van der Waals surface area contributed by atoms with E-state index < -0.39 is 23.8 Å². The number of benzene rings is 1. The number of hydrogen-bond donors (Lipinski definition) is 4. The summed E-state index contributed by atoms with van der Waals surface area (Å²) < 4.78 is 5.71. The van der Waals surface area contributed by atoms with Crippen LogP contribution in [0.25, 0.3) is 0 Å². The molecule has 39 heavy (non-hydrogen) atoms. The molecule has 0 aliphatic heterocycles. The summed E-state index contributed by atoms with van der Waals surface area (Å²) >= 11 is 0. The molecule has 4 N–H and O–H groups in total. The molecule has 0 spiro atoms. The third kappa shape index (κ3) is 16.5. The van der Waals surface area contributed by atoms with Crippen LogP contribution in [0.4, 0.5) is 0 Å². The van der Waals surface area contributed by atoms with Crippen LogP contribution >= 0.6 is 0 Å². The Labute approximate surface area is 232 Å². The standard InChI is InChI=1S/C30H47NO8/c1-23(29(35)36)16-13-14-20-31-28(34)24-18-19-26(25(22-24)30(37)38)39-21-15-11-9-7-5-3-2-4-6-8-10-12-17-27(32)33/h18-19,22-23H,2-17,20-21H2,1H3,(H,31,34)(H,32,33)(H,35,36)(H,37,38)/t23-/m0/s1. The molecule has 9 nitrogen and oxygen atoms in total. The lowest BCUT2D eigenvalue weighted by molar-refractivity contribution is -0.141. The van der Waals surface area contributed by atoms with Gasteiger partial charge in [-0.05, 0) is 43.9 Å². The van der Waals surface area contributed by atoms with E-state index in [9.17, 15) is 24.3 Å². The lowest BCUT2D eigenvalue weighted by atomic mass is 10.0. The predicted molar refractivity (Wildman–Crippen MR) is 150 cm³/mol. The summed E-state index contributed by atoms with van der Waals surface area (Å²) in [7, 11) is 0. The quantitative estimate of drug-likeness (QED) is 0.106. The maximum atomic E-state index is 12.4. The summed E-state index contributed by atoms with van der Waals surface area (Å²) in [6.45, 7) is 2.46. The van der Waals surface area contributed by atoms with Gasteiger partial charge in [-0.15, -0.1) is 0 Å². The molecule has 1 aromatic carbocycles. The Kier molecular flexibility index (Phi) is 18.1. The minimum atomic E-state index is -1.15. The van der Waals surface area contributed by atoms with Crippen LogP contribution in [0.3, 0.4) is 0 Å².